The lowest BCUT2D eigenvalue weighted by Gasteiger charge is -2.30. The first kappa shape index (κ1) is 96.5. The van der Waals surface area contributed by atoms with E-state index in [9.17, 15) is 52.7 Å². The molecule has 5 aromatic carbocycles. The van der Waals surface area contributed by atoms with E-state index in [4.69, 9.17) is 28.4 Å². The third-order valence-electron chi connectivity index (χ3n) is 20.8. The average molecular weight is 1630 g/mol. The summed E-state index contributed by atoms with van der Waals surface area (Å²) < 4.78 is 34.2. The summed E-state index contributed by atoms with van der Waals surface area (Å²) in [4.78, 5) is 160. The predicted molar refractivity (Wildman–Crippen MR) is 454 cm³/mol. The molecule has 8 N–H and O–H groups in total. The number of unbranched alkanes of at least 4 members (excludes halogenated alkanes) is 8. The first-order valence-corrected chi connectivity index (χ1v) is 42.3. The molecule has 6 rings (SSSR count). The number of ether oxygens (including phenoxy) is 6. The molecule has 9 atom stereocenters. The van der Waals surface area contributed by atoms with E-state index in [0.29, 0.717) is 30.8 Å². The lowest BCUT2D eigenvalue weighted by molar-refractivity contribution is -0.160. The van der Waals surface area contributed by atoms with E-state index in [2.05, 4.69) is 49.5 Å². The van der Waals surface area contributed by atoms with Gasteiger partial charge in [-0.25, -0.2) is 9.59 Å². The summed E-state index contributed by atoms with van der Waals surface area (Å²) in [7, 11) is 3.10. The van der Waals surface area contributed by atoms with Crippen molar-refractivity contribution in [2.75, 3.05) is 20.8 Å². The highest BCUT2D eigenvalue weighted by molar-refractivity contribution is 5.99. The van der Waals surface area contributed by atoms with E-state index < -0.39 is 144 Å². The van der Waals surface area contributed by atoms with Crippen LogP contribution in [0.2, 0.25) is 0 Å². The highest BCUT2D eigenvalue weighted by atomic mass is 16.6. The molecule has 0 aromatic heterocycles. The Labute approximate surface area is 699 Å². The SMILES string of the molecule is CCCCCCCCCCCC(CC(=O)OCc1ccccc1)OC(=O)[C@@H](NC(=O)[C@H](CC(C)C)NC(=O)[C@H](CC(=O)OC(C)(C)C)NC(=O)[C@@H](NC(=O)[C@@H](CC(C)C)NC(=O)[C@H](CC(C)C)NC(=O)[C@H](CCC(=O)NC(c1ccc(OC)cc1)c1ccc(OC)cc1)NC(=O)OCC1c2ccccc2-c2ccccc21)C(C)C)[C@@H](C)CC. The Kier molecular flexibility index (Phi) is 40.2. The topological polar surface area (TPSA) is 339 Å². The minimum Gasteiger partial charge on any atom is -0.497 e. The van der Waals surface area contributed by atoms with E-state index in [1.807, 2.05) is 152 Å². The van der Waals surface area contributed by atoms with Crippen LogP contribution in [0.15, 0.2) is 127 Å². The molecule has 0 heterocycles. The van der Waals surface area contributed by atoms with Crippen molar-refractivity contribution >= 4 is 65.4 Å². The van der Waals surface area contributed by atoms with E-state index in [0.717, 1.165) is 71.0 Å². The number of nitrogens with one attached hydrogen (secondary N) is 8. The first-order chi connectivity index (χ1) is 56.2. The van der Waals surface area contributed by atoms with Gasteiger partial charge >= 0.3 is 24.0 Å². The van der Waals surface area contributed by atoms with Crippen molar-refractivity contribution in [2.45, 2.75) is 285 Å². The van der Waals surface area contributed by atoms with E-state index in [-0.39, 0.29) is 75.4 Å². The zero-order chi connectivity index (χ0) is 86.6. The Morgan fingerprint density at radius 1 is 0.432 bits per heavy atom. The molecular weight excluding hydrogens is 1500 g/mol. The van der Waals surface area contributed by atoms with Crippen molar-refractivity contribution in [3.05, 3.63) is 155 Å². The van der Waals surface area contributed by atoms with Crippen LogP contribution in [-0.4, -0.2) is 140 Å². The number of alkyl carbamates (subject to hydrolysis) is 1. The van der Waals surface area contributed by atoms with E-state index >= 15 is 0 Å². The van der Waals surface area contributed by atoms with Gasteiger partial charge < -0.3 is 71.0 Å². The molecule has 0 fully saturated rings. The summed E-state index contributed by atoms with van der Waals surface area (Å²) in [6, 6.07) is 28.7. The first-order valence-electron chi connectivity index (χ1n) is 42.3. The fraction of sp³-hybridized carbons (Fsp3) is 0.559. The fourth-order valence-corrected chi connectivity index (χ4v) is 14.3. The van der Waals surface area contributed by atoms with Crippen molar-refractivity contribution < 1.29 is 81.2 Å². The van der Waals surface area contributed by atoms with Crippen LogP contribution in [0.1, 0.15) is 252 Å². The second-order valence-corrected chi connectivity index (χ2v) is 33.7. The van der Waals surface area contributed by atoms with Crippen molar-refractivity contribution in [3.8, 4) is 22.6 Å². The van der Waals surface area contributed by atoms with Crippen molar-refractivity contribution in [3.63, 3.8) is 0 Å². The van der Waals surface area contributed by atoms with E-state index in [1.165, 1.54) is 19.3 Å². The third-order valence-corrected chi connectivity index (χ3v) is 20.8. The summed E-state index contributed by atoms with van der Waals surface area (Å²) in [5.41, 5.74) is 5.11. The van der Waals surface area contributed by atoms with Crippen LogP contribution in [0, 0.1) is 29.6 Å². The van der Waals surface area contributed by atoms with Crippen LogP contribution in [0.3, 0.4) is 0 Å². The van der Waals surface area contributed by atoms with Gasteiger partial charge in [-0.3, -0.25) is 43.2 Å². The molecule has 0 radical (unpaired) electrons. The number of rotatable bonds is 50. The molecule has 0 saturated carbocycles. The molecule has 1 aliphatic rings. The average Bonchev–Trinajstić information content (AvgIpc) is 1.61. The molecule has 25 heteroatoms. The molecule has 0 spiro atoms. The quantitative estimate of drug-likeness (QED) is 0.0102. The second-order valence-electron chi connectivity index (χ2n) is 33.7. The summed E-state index contributed by atoms with van der Waals surface area (Å²) in [5.74, 6) is -8.76. The highest BCUT2D eigenvalue weighted by Gasteiger charge is 2.40. The van der Waals surface area contributed by atoms with Gasteiger partial charge in [0.1, 0.15) is 78.7 Å². The maximum Gasteiger partial charge on any atom is 0.407 e. The minimum atomic E-state index is -1.71. The monoisotopic (exact) mass is 1630 g/mol. The van der Waals surface area contributed by atoms with Gasteiger partial charge in [0, 0.05) is 12.3 Å². The number of carbonyl (C=O) groups is 11. The van der Waals surface area contributed by atoms with Gasteiger partial charge in [0.05, 0.1) is 33.1 Å². The molecule has 8 amide bonds. The molecule has 0 saturated heterocycles. The van der Waals surface area contributed by atoms with Gasteiger partial charge in [-0.2, -0.15) is 0 Å². The Hall–Kier alpha value is -10.3. The molecule has 25 nitrogen and oxygen atoms in total. The van der Waals surface area contributed by atoms with Crippen molar-refractivity contribution in [1.29, 1.82) is 0 Å². The maximum absolute atomic E-state index is 15.0. The normalized spacial score (nSPS) is 14.2. The Balaban J connectivity index is 1.21. The summed E-state index contributed by atoms with van der Waals surface area (Å²) >= 11 is 0. The van der Waals surface area contributed by atoms with Crippen molar-refractivity contribution in [2.24, 2.45) is 29.6 Å². The number of esters is 3. The molecule has 5 aromatic rings. The predicted octanol–water partition coefficient (Wildman–Crippen LogP) is 14.0. The fourth-order valence-electron chi connectivity index (χ4n) is 14.3. The Morgan fingerprint density at radius 3 is 1.36 bits per heavy atom. The molecule has 0 bridgehead atoms. The van der Waals surface area contributed by atoms with Gasteiger partial charge in [0.25, 0.3) is 0 Å². The second kappa shape index (κ2) is 49.2. The van der Waals surface area contributed by atoms with Crippen LogP contribution in [0.4, 0.5) is 4.79 Å². The molecule has 1 aliphatic carbocycles. The lowest BCUT2D eigenvalue weighted by atomic mass is 9.97. The van der Waals surface area contributed by atoms with Crippen LogP contribution >= 0.6 is 0 Å². The molecule has 646 valence electrons. The maximum atomic E-state index is 15.0. The van der Waals surface area contributed by atoms with Crippen LogP contribution in [0.25, 0.3) is 11.1 Å². The Bertz CT molecular complexity index is 3940. The van der Waals surface area contributed by atoms with Gasteiger partial charge in [-0.05, 0) is 152 Å². The number of benzene rings is 5. The minimum absolute atomic E-state index is 0.0316. The van der Waals surface area contributed by atoms with Crippen LogP contribution in [-0.2, 0) is 73.5 Å². The van der Waals surface area contributed by atoms with Gasteiger partial charge in [-0.15, -0.1) is 0 Å². The molecule has 0 aliphatic heterocycles. The number of hydrogen-bond donors (Lipinski definition) is 8. The highest BCUT2D eigenvalue weighted by Crippen LogP contribution is 2.44. The number of amides is 8. The number of methoxy groups -OCH3 is 2. The van der Waals surface area contributed by atoms with Gasteiger partial charge in [0.15, 0.2) is 0 Å². The summed E-state index contributed by atoms with van der Waals surface area (Å²) in [5, 5.41) is 22.5. The zero-order valence-corrected chi connectivity index (χ0v) is 72.4. The summed E-state index contributed by atoms with van der Waals surface area (Å²) in [6.45, 7) is 24.9. The molecular formula is C93H132N8O17. The number of fused-ring (bicyclic) bond motifs is 3. The molecule has 118 heavy (non-hydrogen) atoms. The number of hydrogen-bond acceptors (Lipinski definition) is 17. The van der Waals surface area contributed by atoms with Gasteiger partial charge in [0.2, 0.25) is 41.4 Å². The van der Waals surface area contributed by atoms with Crippen molar-refractivity contribution in [1.82, 2.24) is 42.5 Å². The lowest BCUT2D eigenvalue weighted by Crippen LogP contribution is -2.61. The number of carbonyl (C=O) groups excluding carboxylic acids is 11. The standard InChI is InChI=1S/C93H132N8O17/c1-17-19-20-21-22-23-24-25-29-36-68(54-80(103)115-56-63-34-27-26-28-35-63)117-91(111)83(62(11)18-2)101-89(109)77(53-60(7)8)96-87(107)78(55-81(104)118-93(12,13)14)97-90(110)82(61(9)10)100-88(108)76(52-59(5)6)95-86(106)75(51-58(3)4)94-85(105)74(98-92(112)116-57-73-71-39-32-30-37-69(71)70-38-31-33-40-72(70)73)49-50-79(102)99-84(64-41-45-66(113-15)46-42-64)65-43-47-67(114-16)48-44-65/h26-28,30-35,37-48,58-62,68,73-78,82-84H,17-25,29,36,49-57H2,1-16H3,(H,94,105)(H,95,106)(H,96,107)(H,97,110)(H,98,112)(H,99,102)(H,100,108)(H,101,109)/t62-,68?,74-,75-,76+,77-,78-,82-,83-/m0/s1. The van der Waals surface area contributed by atoms with E-state index in [1.54, 1.807) is 80.0 Å². The largest absolute Gasteiger partial charge is 0.497 e. The zero-order valence-electron chi connectivity index (χ0n) is 72.4. The van der Waals surface area contributed by atoms with Gasteiger partial charge in [-0.1, -0.05) is 237 Å². The van der Waals surface area contributed by atoms with Crippen LogP contribution < -0.4 is 52.0 Å². The Morgan fingerprint density at radius 2 is 0.881 bits per heavy atom. The summed E-state index contributed by atoms with van der Waals surface area (Å²) in [6.07, 6.45) is 7.04. The third kappa shape index (κ3) is 32.5. The molecule has 1 unspecified atom stereocenters. The smallest absolute Gasteiger partial charge is 0.407 e. The van der Waals surface area contributed by atoms with Crippen LogP contribution in [0.5, 0.6) is 11.5 Å².